The molecule has 0 amide bonds. The number of carboxylic acid groups (broad SMARTS) is 1. The number of hydrogen-bond donors (Lipinski definition) is 1. The molecule has 0 unspecified atom stereocenters. The van der Waals surface area contributed by atoms with E-state index in [1.54, 1.807) is 0 Å². The maximum absolute atomic E-state index is 10.7. The Hall–Kier alpha value is -2.49. The number of hydrogen-bond acceptors (Lipinski definition) is 3. The summed E-state index contributed by atoms with van der Waals surface area (Å²) in [5.41, 5.74) is 2.16. The third-order valence-corrected chi connectivity index (χ3v) is 3.43. The number of carboxylic acids is 1. The smallest absolute Gasteiger partial charge is 0.303 e. The van der Waals surface area contributed by atoms with Crippen molar-refractivity contribution in [3.05, 3.63) is 59.7 Å². The minimum absolute atomic E-state index is 0.111. The zero-order chi connectivity index (χ0) is 16.5. The Morgan fingerprint density at radius 2 is 1.74 bits per heavy atom. The van der Waals surface area contributed by atoms with Gasteiger partial charge >= 0.3 is 5.97 Å². The lowest BCUT2D eigenvalue weighted by molar-refractivity contribution is -0.136. The van der Waals surface area contributed by atoms with E-state index in [1.165, 1.54) is 5.56 Å². The van der Waals surface area contributed by atoms with Crippen LogP contribution in [0, 0.1) is 0 Å². The average molecular weight is 314 g/mol. The first-order valence-corrected chi connectivity index (χ1v) is 7.83. The molecule has 0 saturated carbocycles. The molecule has 0 radical (unpaired) electrons. The normalized spacial score (nSPS) is 10.3. The number of benzene rings is 2. The number of ether oxygens (including phenoxy) is 2. The van der Waals surface area contributed by atoms with Crippen LogP contribution in [0.4, 0.5) is 0 Å². The highest BCUT2D eigenvalue weighted by molar-refractivity contribution is 5.67. The number of aliphatic carboxylic acids is 1. The highest BCUT2D eigenvalue weighted by Crippen LogP contribution is 2.29. The van der Waals surface area contributed by atoms with Gasteiger partial charge in [0.2, 0.25) is 0 Å². The van der Waals surface area contributed by atoms with Crippen molar-refractivity contribution in [2.75, 3.05) is 13.2 Å². The Morgan fingerprint density at radius 1 is 0.957 bits per heavy atom. The van der Waals surface area contributed by atoms with Crippen molar-refractivity contribution >= 4 is 5.97 Å². The van der Waals surface area contributed by atoms with E-state index in [1.807, 2.05) is 43.3 Å². The lowest BCUT2D eigenvalue weighted by Gasteiger charge is -2.13. The lowest BCUT2D eigenvalue weighted by atomic mass is 10.1. The van der Waals surface area contributed by atoms with Gasteiger partial charge in [-0.25, -0.2) is 0 Å². The summed E-state index contributed by atoms with van der Waals surface area (Å²) in [5.74, 6) is 0.566. The zero-order valence-corrected chi connectivity index (χ0v) is 13.3. The second-order valence-corrected chi connectivity index (χ2v) is 5.19. The van der Waals surface area contributed by atoms with E-state index < -0.39 is 5.97 Å². The average Bonchev–Trinajstić information content (AvgIpc) is 2.56. The van der Waals surface area contributed by atoms with E-state index in [2.05, 4.69) is 12.1 Å². The van der Waals surface area contributed by atoms with Crippen molar-refractivity contribution in [2.45, 2.75) is 26.2 Å². The van der Waals surface area contributed by atoms with Gasteiger partial charge in [-0.05, 0) is 36.6 Å². The van der Waals surface area contributed by atoms with Gasteiger partial charge in [-0.2, -0.15) is 0 Å². The third-order valence-electron chi connectivity index (χ3n) is 3.43. The molecule has 0 aliphatic carbocycles. The van der Waals surface area contributed by atoms with Crippen LogP contribution >= 0.6 is 0 Å². The van der Waals surface area contributed by atoms with Crippen LogP contribution in [0.15, 0.2) is 48.5 Å². The summed E-state index contributed by atoms with van der Waals surface area (Å²) in [6, 6.07) is 15.8. The summed E-state index contributed by atoms with van der Waals surface area (Å²) in [6.45, 7) is 3.02. The van der Waals surface area contributed by atoms with Crippen molar-refractivity contribution in [3.8, 4) is 11.5 Å². The molecule has 1 N–H and O–H groups in total. The summed E-state index contributed by atoms with van der Waals surface area (Å²) in [6.07, 6.45) is 1.42. The van der Waals surface area contributed by atoms with E-state index in [0.717, 1.165) is 12.0 Å². The van der Waals surface area contributed by atoms with Gasteiger partial charge < -0.3 is 14.6 Å². The van der Waals surface area contributed by atoms with Crippen molar-refractivity contribution < 1.29 is 19.4 Å². The quantitative estimate of drug-likeness (QED) is 0.766. The Balaban J connectivity index is 1.97. The van der Waals surface area contributed by atoms with Crippen LogP contribution in [0.5, 0.6) is 11.5 Å². The standard InChI is InChI=1S/C19H22O4/c1-2-22-18-14-16(9-11-19(20)21)8-10-17(18)23-13-12-15-6-4-3-5-7-15/h3-8,10,14H,2,9,11-13H2,1H3,(H,20,21). The topological polar surface area (TPSA) is 55.8 Å². The van der Waals surface area contributed by atoms with Crippen molar-refractivity contribution in [3.63, 3.8) is 0 Å². The second kappa shape index (κ2) is 8.83. The lowest BCUT2D eigenvalue weighted by Crippen LogP contribution is -2.04. The van der Waals surface area contributed by atoms with E-state index in [9.17, 15) is 4.79 Å². The monoisotopic (exact) mass is 314 g/mol. The first kappa shape index (κ1) is 16.9. The minimum Gasteiger partial charge on any atom is -0.490 e. The van der Waals surface area contributed by atoms with Gasteiger partial charge in [-0.15, -0.1) is 0 Å². The summed E-state index contributed by atoms with van der Waals surface area (Å²) in [4.78, 5) is 10.7. The van der Waals surface area contributed by atoms with E-state index in [0.29, 0.717) is 31.1 Å². The fraction of sp³-hybridized carbons (Fsp3) is 0.316. The molecule has 0 aliphatic rings. The van der Waals surface area contributed by atoms with Gasteiger partial charge in [0, 0.05) is 12.8 Å². The first-order valence-electron chi connectivity index (χ1n) is 7.83. The molecule has 2 aromatic carbocycles. The Morgan fingerprint density at radius 3 is 2.43 bits per heavy atom. The van der Waals surface area contributed by atoms with Crippen molar-refractivity contribution in [2.24, 2.45) is 0 Å². The Bertz CT molecular complexity index is 623. The molecule has 0 aliphatic heterocycles. The number of carbonyl (C=O) groups is 1. The molecule has 122 valence electrons. The summed E-state index contributed by atoms with van der Waals surface area (Å²) < 4.78 is 11.4. The molecule has 4 nitrogen and oxygen atoms in total. The van der Waals surface area contributed by atoms with Gasteiger partial charge in [-0.3, -0.25) is 4.79 Å². The predicted molar refractivity (Wildman–Crippen MR) is 89.2 cm³/mol. The highest BCUT2D eigenvalue weighted by Gasteiger charge is 2.08. The largest absolute Gasteiger partial charge is 0.490 e. The van der Waals surface area contributed by atoms with Gasteiger partial charge in [0.15, 0.2) is 11.5 Å². The van der Waals surface area contributed by atoms with Gasteiger partial charge in [0.05, 0.1) is 13.2 Å². The fourth-order valence-corrected chi connectivity index (χ4v) is 2.27. The molecule has 2 aromatic rings. The molecule has 0 fully saturated rings. The molecule has 0 heterocycles. The van der Waals surface area contributed by atoms with Gasteiger partial charge in [-0.1, -0.05) is 36.4 Å². The highest BCUT2D eigenvalue weighted by atomic mass is 16.5. The number of aryl methyl sites for hydroxylation is 1. The molecule has 23 heavy (non-hydrogen) atoms. The molecule has 4 heteroatoms. The predicted octanol–water partition coefficient (Wildman–Crippen LogP) is 3.72. The van der Waals surface area contributed by atoms with E-state index in [-0.39, 0.29) is 6.42 Å². The minimum atomic E-state index is -0.800. The summed E-state index contributed by atoms with van der Waals surface area (Å²) in [7, 11) is 0. The summed E-state index contributed by atoms with van der Waals surface area (Å²) in [5, 5.41) is 8.77. The van der Waals surface area contributed by atoms with Crippen LogP contribution in [-0.4, -0.2) is 24.3 Å². The van der Waals surface area contributed by atoms with Crippen LogP contribution in [0.3, 0.4) is 0 Å². The van der Waals surface area contributed by atoms with Crippen LogP contribution in [-0.2, 0) is 17.6 Å². The van der Waals surface area contributed by atoms with Crippen LogP contribution in [0.25, 0.3) is 0 Å². The van der Waals surface area contributed by atoms with Gasteiger partial charge in [0.25, 0.3) is 0 Å². The maximum Gasteiger partial charge on any atom is 0.303 e. The van der Waals surface area contributed by atoms with E-state index in [4.69, 9.17) is 14.6 Å². The van der Waals surface area contributed by atoms with Crippen LogP contribution < -0.4 is 9.47 Å². The molecule has 0 spiro atoms. The number of rotatable bonds is 9. The first-order chi connectivity index (χ1) is 11.2. The fourth-order valence-electron chi connectivity index (χ4n) is 2.27. The molecule has 0 bridgehead atoms. The molecule has 0 aromatic heterocycles. The molecular formula is C19H22O4. The Kier molecular flexibility index (Phi) is 6.48. The zero-order valence-electron chi connectivity index (χ0n) is 13.3. The maximum atomic E-state index is 10.7. The third kappa shape index (κ3) is 5.66. The molecule has 0 atom stereocenters. The van der Waals surface area contributed by atoms with Crippen molar-refractivity contribution in [1.29, 1.82) is 0 Å². The Labute approximate surface area is 136 Å². The van der Waals surface area contributed by atoms with Crippen molar-refractivity contribution in [1.82, 2.24) is 0 Å². The molecular weight excluding hydrogens is 292 g/mol. The molecule has 2 rings (SSSR count). The van der Waals surface area contributed by atoms with Crippen LogP contribution in [0.1, 0.15) is 24.5 Å². The van der Waals surface area contributed by atoms with Crippen LogP contribution in [0.2, 0.25) is 0 Å². The molecule has 0 saturated heterocycles. The van der Waals surface area contributed by atoms with Gasteiger partial charge in [0.1, 0.15) is 0 Å². The second-order valence-electron chi connectivity index (χ2n) is 5.19. The SMILES string of the molecule is CCOc1cc(CCC(=O)O)ccc1OCCc1ccccc1. The van der Waals surface area contributed by atoms with E-state index >= 15 is 0 Å². The summed E-state index contributed by atoms with van der Waals surface area (Å²) >= 11 is 0.